The van der Waals surface area contributed by atoms with Crippen LogP contribution in [-0.2, 0) is 9.53 Å². The second-order valence-corrected chi connectivity index (χ2v) is 3.21. The topological polar surface area (TPSA) is 98.5 Å². The number of ether oxygens (including phenoxy) is 1. The maximum absolute atomic E-state index is 12.9. The zero-order valence-corrected chi connectivity index (χ0v) is 9.31. The van der Waals surface area contributed by atoms with Gasteiger partial charge in [-0.1, -0.05) is 0 Å². The van der Waals surface area contributed by atoms with E-state index in [0.29, 0.717) is 6.07 Å². The van der Waals surface area contributed by atoms with Crippen LogP contribution in [-0.4, -0.2) is 30.5 Å². The number of nitrogens with zero attached hydrogens (tertiary/aromatic N) is 1. The second-order valence-electron chi connectivity index (χ2n) is 3.21. The van der Waals surface area contributed by atoms with Crippen molar-refractivity contribution >= 4 is 17.6 Å². The van der Waals surface area contributed by atoms with Gasteiger partial charge >= 0.3 is 11.9 Å². The van der Waals surface area contributed by atoms with Crippen molar-refractivity contribution in [2.45, 2.75) is 0 Å². The van der Waals surface area contributed by atoms with Gasteiger partial charge in [0, 0.05) is 6.07 Å². The van der Waals surface area contributed by atoms with E-state index in [1.165, 1.54) is 7.05 Å². The molecule has 0 unspecified atom stereocenters. The van der Waals surface area contributed by atoms with E-state index in [9.17, 15) is 24.1 Å². The molecule has 8 heteroatoms. The SMILES string of the molecule is CNCC(=O)OC(=O)c1cc(F)ccc1[N+](=O)[O-]. The number of benzene rings is 1. The van der Waals surface area contributed by atoms with Crippen LogP contribution in [0, 0.1) is 15.9 Å². The fraction of sp³-hybridized carbons (Fsp3) is 0.200. The van der Waals surface area contributed by atoms with Gasteiger partial charge in [-0.05, 0) is 19.2 Å². The number of carbonyl (C=O) groups is 2. The predicted octanol–water partition coefficient (Wildman–Crippen LogP) is 0.637. The van der Waals surface area contributed by atoms with Crippen LogP contribution in [0.2, 0.25) is 0 Å². The van der Waals surface area contributed by atoms with Gasteiger partial charge < -0.3 is 10.1 Å². The minimum atomic E-state index is -1.26. The molecule has 0 atom stereocenters. The van der Waals surface area contributed by atoms with Crippen molar-refractivity contribution in [2.75, 3.05) is 13.6 Å². The number of nitrogens with one attached hydrogen (secondary N) is 1. The Hall–Kier alpha value is -2.35. The Labute approximate surface area is 101 Å². The Kier molecular flexibility index (Phi) is 4.44. The normalized spacial score (nSPS) is 9.89. The van der Waals surface area contributed by atoms with Gasteiger partial charge in [0.2, 0.25) is 0 Å². The van der Waals surface area contributed by atoms with E-state index < -0.39 is 33.9 Å². The van der Waals surface area contributed by atoms with Gasteiger partial charge in [0.15, 0.2) is 0 Å². The first-order valence-corrected chi connectivity index (χ1v) is 4.79. The summed E-state index contributed by atoms with van der Waals surface area (Å²) in [5.74, 6) is -3.02. The van der Waals surface area contributed by atoms with E-state index in [1.807, 2.05) is 0 Å². The molecule has 18 heavy (non-hydrogen) atoms. The summed E-state index contributed by atoms with van der Waals surface area (Å²) < 4.78 is 17.2. The molecule has 1 N–H and O–H groups in total. The van der Waals surface area contributed by atoms with Gasteiger partial charge in [-0.15, -0.1) is 0 Å². The number of hydrogen-bond acceptors (Lipinski definition) is 6. The van der Waals surface area contributed by atoms with Crippen molar-refractivity contribution in [1.82, 2.24) is 5.32 Å². The largest absolute Gasteiger partial charge is 0.388 e. The van der Waals surface area contributed by atoms with Crippen molar-refractivity contribution in [3.05, 3.63) is 39.7 Å². The lowest BCUT2D eigenvalue weighted by atomic mass is 10.2. The Balaban J connectivity index is 3.00. The molecular formula is C10H9FN2O5. The molecule has 0 bridgehead atoms. The van der Waals surface area contributed by atoms with E-state index in [0.717, 1.165) is 12.1 Å². The molecule has 1 rings (SSSR count). The summed E-state index contributed by atoms with van der Waals surface area (Å²) in [6.07, 6.45) is 0. The first-order valence-electron chi connectivity index (χ1n) is 4.79. The zero-order chi connectivity index (χ0) is 13.7. The highest BCUT2D eigenvalue weighted by atomic mass is 19.1. The lowest BCUT2D eigenvalue weighted by molar-refractivity contribution is -0.385. The quantitative estimate of drug-likeness (QED) is 0.367. The molecule has 0 aliphatic rings. The van der Waals surface area contributed by atoms with Gasteiger partial charge in [0.05, 0.1) is 11.5 Å². The lowest BCUT2D eigenvalue weighted by Crippen LogP contribution is -2.24. The number of hydrogen-bond donors (Lipinski definition) is 1. The van der Waals surface area contributed by atoms with Gasteiger partial charge in [-0.25, -0.2) is 9.18 Å². The molecule has 96 valence electrons. The number of nitro benzene ring substituents is 1. The Morgan fingerprint density at radius 1 is 1.50 bits per heavy atom. The molecule has 1 aromatic carbocycles. The first kappa shape index (κ1) is 13.7. The number of nitro groups is 1. The summed E-state index contributed by atoms with van der Waals surface area (Å²) in [4.78, 5) is 32.3. The summed E-state index contributed by atoms with van der Waals surface area (Å²) in [6.45, 7) is -0.241. The van der Waals surface area contributed by atoms with E-state index in [2.05, 4.69) is 10.1 Å². The summed E-state index contributed by atoms with van der Waals surface area (Å²) >= 11 is 0. The maximum atomic E-state index is 12.9. The van der Waals surface area contributed by atoms with Crippen molar-refractivity contribution in [3.8, 4) is 0 Å². The fourth-order valence-electron chi connectivity index (χ4n) is 1.17. The van der Waals surface area contributed by atoms with E-state index in [1.54, 1.807) is 0 Å². The fourth-order valence-corrected chi connectivity index (χ4v) is 1.17. The molecule has 0 fully saturated rings. The summed E-state index contributed by atoms with van der Waals surface area (Å²) in [5.41, 5.74) is -1.23. The molecular weight excluding hydrogens is 247 g/mol. The van der Waals surface area contributed by atoms with Crippen molar-refractivity contribution in [3.63, 3.8) is 0 Å². The van der Waals surface area contributed by atoms with Crippen molar-refractivity contribution < 1.29 is 23.6 Å². The van der Waals surface area contributed by atoms with E-state index in [-0.39, 0.29) is 6.54 Å². The second kappa shape index (κ2) is 5.82. The molecule has 0 amide bonds. The first-order chi connectivity index (χ1) is 8.45. The number of rotatable bonds is 4. The van der Waals surface area contributed by atoms with Crippen LogP contribution in [0.1, 0.15) is 10.4 Å². The van der Waals surface area contributed by atoms with Gasteiger partial charge in [0.25, 0.3) is 5.69 Å². The minimum Gasteiger partial charge on any atom is -0.388 e. The molecule has 1 aromatic rings. The smallest absolute Gasteiger partial charge is 0.352 e. The highest BCUT2D eigenvalue weighted by Gasteiger charge is 2.24. The maximum Gasteiger partial charge on any atom is 0.352 e. The van der Waals surface area contributed by atoms with Crippen LogP contribution < -0.4 is 5.32 Å². The van der Waals surface area contributed by atoms with E-state index >= 15 is 0 Å². The van der Waals surface area contributed by atoms with Crippen LogP contribution >= 0.6 is 0 Å². The molecule has 0 heterocycles. The summed E-state index contributed by atoms with van der Waals surface area (Å²) in [5, 5.41) is 13.1. The minimum absolute atomic E-state index is 0.241. The Morgan fingerprint density at radius 3 is 2.72 bits per heavy atom. The molecule has 0 saturated carbocycles. The standard InChI is InChI=1S/C10H9FN2O5/c1-12-5-9(14)18-10(15)7-4-6(11)2-3-8(7)13(16)17/h2-4,12H,5H2,1H3. The van der Waals surface area contributed by atoms with Crippen LogP contribution in [0.3, 0.4) is 0 Å². The summed E-state index contributed by atoms with van der Waals surface area (Å²) in [7, 11) is 1.45. The molecule has 0 aliphatic heterocycles. The third kappa shape index (κ3) is 3.32. The number of likely N-dealkylation sites (N-methyl/N-ethyl adjacent to an activating group) is 1. The highest BCUT2D eigenvalue weighted by molar-refractivity contribution is 6.00. The monoisotopic (exact) mass is 256 g/mol. The zero-order valence-electron chi connectivity index (χ0n) is 9.31. The number of halogens is 1. The number of esters is 2. The average molecular weight is 256 g/mol. The highest BCUT2D eigenvalue weighted by Crippen LogP contribution is 2.20. The van der Waals surface area contributed by atoms with Crippen LogP contribution in [0.25, 0.3) is 0 Å². The summed E-state index contributed by atoms with van der Waals surface area (Å²) in [6, 6.07) is 2.31. The third-order valence-corrected chi connectivity index (χ3v) is 1.90. The molecule has 0 spiro atoms. The molecule has 0 aliphatic carbocycles. The molecule has 0 radical (unpaired) electrons. The average Bonchev–Trinajstić information content (AvgIpc) is 2.28. The van der Waals surface area contributed by atoms with Crippen LogP contribution in [0.5, 0.6) is 0 Å². The van der Waals surface area contributed by atoms with Gasteiger partial charge in [-0.3, -0.25) is 14.9 Å². The third-order valence-electron chi connectivity index (χ3n) is 1.90. The molecule has 7 nitrogen and oxygen atoms in total. The lowest BCUT2D eigenvalue weighted by Gasteiger charge is -2.03. The molecule has 0 saturated heterocycles. The predicted molar refractivity (Wildman–Crippen MR) is 57.4 cm³/mol. The Bertz CT molecular complexity index is 503. The van der Waals surface area contributed by atoms with Crippen LogP contribution in [0.15, 0.2) is 18.2 Å². The number of carbonyl (C=O) groups excluding carboxylic acids is 2. The van der Waals surface area contributed by atoms with Gasteiger partial charge in [0.1, 0.15) is 11.4 Å². The van der Waals surface area contributed by atoms with Gasteiger partial charge in [-0.2, -0.15) is 0 Å². The molecule has 0 aromatic heterocycles. The van der Waals surface area contributed by atoms with Crippen LogP contribution in [0.4, 0.5) is 10.1 Å². The van der Waals surface area contributed by atoms with Crippen molar-refractivity contribution in [2.24, 2.45) is 0 Å². The Morgan fingerprint density at radius 2 is 2.17 bits per heavy atom. The van der Waals surface area contributed by atoms with E-state index in [4.69, 9.17) is 0 Å². The van der Waals surface area contributed by atoms with Crippen molar-refractivity contribution in [1.29, 1.82) is 0 Å².